The number of carbonyl (C=O) groups is 2. The van der Waals surface area contributed by atoms with E-state index < -0.39 is 11.6 Å². The van der Waals surface area contributed by atoms with Gasteiger partial charge in [0.25, 0.3) is 0 Å². The maximum absolute atomic E-state index is 14.4. The number of carbonyl (C=O) groups excluding carboxylic acids is 2. The summed E-state index contributed by atoms with van der Waals surface area (Å²) in [5.74, 6) is 0.0439. The van der Waals surface area contributed by atoms with E-state index in [1.165, 1.54) is 29.4 Å². The summed E-state index contributed by atoms with van der Waals surface area (Å²) in [4.78, 5) is 39.6. The lowest BCUT2D eigenvalue weighted by Gasteiger charge is -2.51. The number of likely N-dealkylation sites (tertiary alicyclic amines) is 1. The molecule has 2 saturated heterocycles. The third kappa shape index (κ3) is 6.01. The largest absolute Gasteiger partial charge is 0.361 e. The number of piperidine rings is 1. The van der Waals surface area contributed by atoms with Gasteiger partial charge >= 0.3 is 0 Å². The first-order valence-electron chi connectivity index (χ1n) is 16.6. The molecular weight excluding hydrogens is 558 g/mol. The SMILES string of the molecule is O=C1C(Cc2c[nH]c3ccccc23)NC(=O)C2(CCN(CCCCCc3ccccc3)CC2)N1CCc1c[nH]c2ccccc12. The van der Waals surface area contributed by atoms with Gasteiger partial charge in [0.15, 0.2) is 0 Å². The van der Waals surface area contributed by atoms with Gasteiger partial charge in [-0.05, 0) is 73.9 Å². The van der Waals surface area contributed by atoms with Crippen molar-refractivity contribution in [2.24, 2.45) is 0 Å². The van der Waals surface area contributed by atoms with E-state index >= 15 is 0 Å². The lowest BCUT2D eigenvalue weighted by Crippen LogP contribution is -2.73. The average Bonchev–Trinajstić information content (AvgIpc) is 3.69. The summed E-state index contributed by atoms with van der Waals surface area (Å²) in [6.45, 7) is 3.23. The van der Waals surface area contributed by atoms with Crippen molar-refractivity contribution in [2.75, 3.05) is 26.2 Å². The highest BCUT2D eigenvalue weighted by Crippen LogP contribution is 2.35. The Hall–Kier alpha value is -4.36. The van der Waals surface area contributed by atoms with Crippen molar-refractivity contribution in [1.29, 1.82) is 0 Å². The van der Waals surface area contributed by atoms with Crippen LogP contribution in [0.15, 0.2) is 91.3 Å². The molecule has 7 heteroatoms. The molecule has 45 heavy (non-hydrogen) atoms. The van der Waals surface area contributed by atoms with Crippen molar-refractivity contribution in [1.82, 2.24) is 25.1 Å². The molecule has 3 N–H and O–H groups in total. The monoisotopic (exact) mass is 601 g/mol. The molecule has 0 saturated carbocycles. The zero-order valence-electron chi connectivity index (χ0n) is 25.9. The summed E-state index contributed by atoms with van der Waals surface area (Å²) in [6, 6.07) is 26.5. The number of aromatic amines is 2. The van der Waals surface area contributed by atoms with Gasteiger partial charge in [-0.2, -0.15) is 0 Å². The van der Waals surface area contributed by atoms with Gasteiger partial charge in [0, 0.05) is 60.3 Å². The highest BCUT2D eigenvalue weighted by Gasteiger charge is 2.53. The van der Waals surface area contributed by atoms with Crippen molar-refractivity contribution in [3.05, 3.63) is 108 Å². The van der Waals surface area contributed by atoms with Crippen molar-refractivity contribution in [2.45, 2.75) is 62.9 Å². The molecule has 2 amide bonds. The van der Waals surface area contributed by atoms with Gasteiger partial charge in [0.05, 0.1) is 0 Å². The number of benzene rings is 3. The van der Waals surface area contributed by atoms with Crippen LogP contribution in [-0.4, -0.2) is 69.3 Å². The molecular formula is C38H43N5O2. The number of hydrogen-bond donors (Lipinski definition) is 3. The number of para-hydroxylation sites is 2. The van der Waals surface area contributed by atoms with Crippen LogP contribution < -0.4 is 5.32 Å². The standard InChI is InChI=1S/C38H43N5O2/c44-36-35(25-30-27-40-34-17-9-7-15-32(30)34)41-37(45)38(43(36)22-18-29-26-39-33-16-8-6-14-31(29)33)19-23-42(24-20-38)21-10-2-5-13-28-11-3-1-4-12-28/h1,3-4,6-9,11-12,14-17,26-27,35,39-40H,2,5,10,13,18-25H2,(H,41,45). The van der Waals surface area contributed by atoms with E-state index in [0.29, 0.717) is 32.2 Å². The van der Waals surface area contributed by atoms with Crippen LogP contribution in [0, 0.1) is 0 Å². The van der Waals surface area contributed by atoms with E-state index in [1.807, 2.05) is 35.4 Å². The third-order valence-electron chi connectivity index (χ3n) is 10.2. The fourth-order valence-electron chi connectivity index (χ4n) is 7.56. The molecule has 232 valence electrons. The Morgan fingerprint density at radius 1 is 0.689 bits per heavy atom. The summed E-state index contributed by atoms with van der Waals surface area (Å²) in [5, 5.41) is 5.48. The number of fused-ring (bicyclic) bond motifs is 2. The number of amides is 2. The highest BCUT2D eigenvalue weighted by atomic mass is 16.2. The molecule has 7 nitrogen and oxygen atoms in total. The van der Waals surface area contributed by atoms with E-state index in [4.69, 9.17) is 0 Å². The maximum atomic E-state index is 14.4. The number of H-pyrrole nitrogens is 2. The van der Waals surface area contributed by atoms with E-state index in [0.717, 1.165) is 54.5 Å². The van der Waals surface area contributed by atoms with Crippen LogP contribution in [0.5, 0.6) is 0 Å². The second-order valence-corrected chi connectivity index (χ2v) is 12.9. The van der Waals surface area contributed by atoms with Gasteiger partial charge < -0.3 is 25.1 Å². The number of aromatic nitrogens is 2. The van der Waals surface area contributed by atoms with E-state index in [2.05, 4.69) is 81.0 Å². The van der Waals surface area contributed by atoms with Gasteiger partial charge in [-0.3, -0.25) is 9.59 Å². The molecule has 1 spiro atoms. The van der Waals surface area contributed by atoms with E-state index in [-0.39, 0.29) is 11.8 Å². The molecule has 4 heterocycles. The minimum absolute atomic E-state index is 0.00776. The molecule has 0 radical (unpaired) electrons. The second-order valence-electron chi connectivity index (χ2n) is 12.9. The molecule has 1 unspecified atom stereocenters. The number of unbranched alkanes of at least 4 members (excludes halogenated alkanes) is 2. The summed E-state index contributed by atoms with van der Waals surface area (Å²) >= 11 is 0. The average molecular weight is 602 g/mol. The first-order chi connectivity index (χ1) is 22.1. The van der Waals surface area contributed by atoms with Crippen LogP contribution in [-0.2, 0) is 28.9 Å². The van der Waals surface area contributed by atoms with Crippen molar-refractivity contribution >= 4 is 33.6 Å². The fraction of sp³-hybridized carbons (Fsp3) is 0.368. The van der Waals surface area contributed by atoms with Crippen LogP contribution in [0.3, 0.4) is 0 Å². The molecule has 2 aromatic heterocycles. The zero-order chi connectivity index (χ0) is 30.6. The first kappa shape index (κ1) is 29.4. The number of nitrogens with zero attached hydrogens (tertiary/aromatic N) is 2. The predicted octanol–water partition coefficient (Wildman–Crippen LogP) is 6.01. The third-order valence-corrected chi connectivity index (χ3v) is 10.2. The molecule has 0 aliphatic carbocycles. The fourth-order valence-corrected chi connectivity index (χ4v) is 7.56. The Kier molecular flexibility index (Phi) is 8.44. The van der Waals surface area contributed by atoms with Gasteiger partial charge in [-0.15, -0.1) is 0 Å². The Balaban J connectivity index is 1.04. The van der Waals surface area contributed by atoms with Gasteiger partial charge in [0.1, 0.15) is 11.6 Å². The Morgan fingerprint density at radius 2 is 1.33 bits per heavy atom. The molecule has 0 bridgehead atoms. The Labute approximate surface area is 265 Å². The minimum atomic E-state index is -0.802. The lowest BCUT2D eigenvalue weighted by atomic mass is 9.80. The predicted molar refractivity (Wildman–Crippen MR) is 180 cm³/mol. The first-order valence-corrected chi connectivity index (χ1v) is 16.6. The molecule has 2 aliphatic rings. The number of piperazine rings is 1. The van der Waals surface area contributed by atoms with E-state index in [1.54, 1.807) is 0 Å². The smallest absolute Gasteiger partial charge is 0.246 e. The summed E-state index contributed by atoms with van der Waals surface area (Å²) < 4.78 is 0. The summed E-state index contributed by atoms with van der Waals surface area (Å²) in [5.41, 5.74) is 4.98. The number of aryl methyl sites for hydroxylation is 1. The van der Waals surface area contributed by atoms with Crippen LogP contribution in [0.2, 0.25) is 0 Å². The van der Waals surface area contributed by atoms with Crippen LogP contribution in [0.1, 0.15) is 48.8 Å². The van der Waals surface area contributed by atoms with Gasteiger partial charge in [0.2, 0.25) is 11.8 Å². The second kappa shape index (κ2) is 12.9. The topological polar surface area (TPSA) is 84.2 Å². The normalized spacial score (nSPS) is 18.7. The van der Waals surface area contributed by atoms with Crippen LogP contribution in [0.4, 0.5) is 0 Å². The van der Waals surface area contributed by atoms with E-state index in [9.17, 15) is 9.59 Å². The zero-order valence-corrected chi connectivity index (χ0v) is 25.9. The Bertz CT molecular complexity index is 1760. The van der Waals surface area contributed by atoms with Crippen LogP contribution >= 0.6 is 0 Å². The lowest BCUT2D eigenvalue weighted by molar-refractivity contribution is -0.161. The molecule has 5 aromatic rings. The molecule has 7 rings (SSSR count). The Morgan fingerprint density at radius 3 is 2.07 bits per heavy atom. The quantitative estimate of drug-likeness (QED) is 0.162. The van der Waals surface area contributed by atoms with Gasteiger partial charge in [-0.1, -0.05) is 73.2 Å². The van der Waals surface area contributed by atoms with Crippen molar-refractivity contribution in [3.63, 3.8) is 0 Å². The number of hydrogen-bond acceptors (Lipinski definition) is 3. The van der Waals surface area contributed by atoms with Crippen molar-refractivity contribution < 1.29 is 9.59 Å². The highest BCUT2D eigenvalue weighted by molar-refractivity contribution is 6.00. The van der Waals surface area contributed by atoms with Crippen molar-refractivity contribution in [3.8, 4) is 0 Å². The molecule has 2 aliphatic heterocycles. The summed E-state index contributed by atoms with van der Waals surface area (Å²) in [7, 11) is 0. The van der Waals surface area contributed by atoms with Gasteiger partial charge in [-0.25, -0.2) is 0 Å². The number of rotatable bonds is 11. The maximum Gasteiger partial charge on any atom is 0.246 e. The minimum Gasteiger partial charge on any atom is -0.361 e. The molecule has 3 aromatic carbocycles. The summed E-state index contributed by atoms with van der Waals surface area (Å²) in [6.07, 6.45) is 11.2. The molecule has 1 atom stereocenters. The van der Waals surface area contributed by atoms with Crippen LogP contribution in [0.25, 0.3) is 21.8 Å². The molecule has 2 fully saturated rings. The number of nitrogens with one attached hydrogen (secondary N) is 3.